The molecular formula is C14H14Cl3N3S. The van der Waals surface area contributed by atoms with E-state index in [1.54, 1.807) is 23.6 Å². The zero-order valence-corrected chi connectivity index (χ0v) is 14.3. The van der Waals surface area contributed by atoms with E-state index in [9.17, 15) is 0 Å². The number of pyridine rings is 1. The smallest absolute Gasteiger partial charge is 0.147 e. The SMILES string of the molecule is Clc1cnc(N2CCN(Cc3ccc(Cl)s3)CC2)c(Cl)c1. The topological polar surface area (TPSA) is 19.4 Å². The van der Waals surface area contributed by atoms with Gasteiger partial charge in [0, 0.05) is 43.8 Å². The third-order valence-corrected chi connectivity index (χ3v) is 5.17. The number of anilines is 1. The van der Waals surface area contributed by atoms with E-state index < -0.39 is 0 Å². The summed E-state index contributed by atoms with van der Waals surface area (Å²) in [4.78, 5) is 10.3. The van der Waals surface area contributed by atoms with Crippen molar-refractivity contribution in [1.82, 2.24) is 9.88 Å². The Kier molecular flexibility index (Phi) is 4.92. The molecule has 2 aromatic heterocycles. The largest absolute Gasteiger partial charge is 0.353 e. The summed E-state index contributed by atoms with van der Waals surface area (Å²) < 4.78 is 0.848. The van der Waals surface area contributed by atoms with Gasteiger partial charge in [-0.15, -0.1) is 11.3 Å². The van der Waals surface area contributed by atoms with Crippen LogP contribution < -0.4 is 4.90 Å². The first-order valence-corrected chi connectivity index (χ1v) is 8.59. The molecule has 0 bridgehead atoms. The average molecular weight is 363 g/mol. The molecule has 0 aliphatic carbocycles. The van der Waals surface area contributed by atoms with Crippen LogP contribution in [0.4, 0.5) is 5.82 Å². The molecule has 0 radical (unpaired) electrons. The van der Waals surface area contributed by atoms with Gasteiger partial charge in [0.1, 0.15) is 5.82 Å². The van der Waals surface area contributed by atoms with Crippen molar-refractivity contribution in [3.05, 3.63) is 43.7 Å². The fraction of sp³-hybridized carbons (Fsp3) is 0.357. The lowest BCUT2D eigenvalue weighted by Crippen LogP contribution is -2.46. The quantitative estimate of drug-likeness (QED) is 0.805. The van der Waals surface area contributed by atoms with Gasteiger partial charge in [-0.3, -0.25) is 4.90 Å². The fourth-order valence-corrected chi connectivity index (χ4v) is 4.04. The zero-order valence-electron chi connectivity index (χ0n) is 11.2. The Morgan fingerprint density at radius 2 is 1.86 bits per heavy atom. The lowest BCUT2D eigenvalue weighted by atomic mass is 10.3. The minimum absolute atomic E-state index is 0.567. The van der Waals surface area contributed by atoms with E-state index in [2.05, 4.69) is 20.9 Å². The van der Waals surface area contributed by atoms with Crippen LogP contribution in [0, 0.1) is 0 Å². The normalized spacial score (nSPS) is 16.4. The Labute approximate surface area is 143 Å². The predicted molar refractivity (Wildman–Crippen MR) is 91.1 cm³/mol. The summed E-state index contributed by atoms with van der Waals surface area (Å²) >= 11 is 19.7. The second-order valence-corrected chi connectivity index (χ2v) is 7.57. The fourth-order valence-electron chi connectivity index (χ4n) is 2.41. The second kappa shape index (κ2) is 6.71. The monoisotopic (exact) mass is 361 g/mol. The maximum atomic E-state index is 6.22. The van der Waals surface area contributed by atoms with Crippen molar-refractivity contribution >= 4 is 52.0 Å². The third kappa shape index (κ3) is 3.82. The summed E-state index contributed by atoms with van der Waals surface area (Å²) in [5.41, 5.74) is 0. The molecule has 1 aliphatic heterocycles. The van der Waals surface area contributed by atoms with Gasteiger partial charge in [0.05, 0.1) is 14.4 Å². The number of hydrogen-bond acceptors (Lipinski definition) is 4. The molecule has 7 heteroatoms. The van der Waals surface area contributed by atoms with Crippen LogP contribution in [0.15, 0.2) is 24.4 Å². The third-order valence-electron chi connectivity index (χ3n) is 3.47. The highest BCUT2D eigenvalue weighted by atomic mass is 35.5. The van der Waals surface area contributed by atoms with E-state index in [0.29, 0.717) is 10.0 Å². The van der Waals surface area contributed by atoms with Gasteiger partial charge in [-0.2, -0.15) is 0 Å². The lowest BCUT2D eigenvalue weighted by Gasteiger charge is -2.35. The van der Waals surface area contributed by atoms with Crippen LogP contribution in [0.25, 0.3) is 0 Å². The highest BCUT2D eigenvalue weighted by Gasteiger charge is 2.20. The maximum absolute atomic E-state index is 6.22. The van der Waals surface area contributed by atoms with Crippen LogP contribution in [0.5, 0.6) is 0 Å². The van der Waals surface area contributed by atoms with Crippen molar-refractivity contribution in [3.63, 3.8) is 0 Å². The van der Waals surface area contributed by atoms with Gasteiger partial charge in [0.15, 0.2) is 0 Å². The molecule has 1 aliphatic rings. The summed E-state index contributed by atoms with van der Waals surface area (Å²) in [5.74, 6) is 0.819. The molecule has 0 N–H and O–H groups in total. The molecule has 0 aromatic carbocycles. The number of aromatic nitrogens is 1. The van der Waals surface area contributed by atoms with E-state index in [0.717, 1.165) is 42.9 Å². The Hall–Kier alpha value is -0.520. The molecule has 1 fully saturated rings. The molecule has 0 saturated carbocycles. The van der Waals surface area contributed by atoms with Crippen molar-refractivity contribution in [1.29, 1.82) is 0 Å². The van der Waals surface area contributed by atoms with Crippen LogP contribution in [-0.4, -0.2) is 36.1 Å². The summed E-state index contributed by atoms with van der Waals surface area (Å²) in [5, 5.41) is 1.18. The van der Waals surface area contributed by atoms with Gasteiger partial charge in [-0.25, -0.2) is 4.98 Å². The molecule has 21 heavy (non-hydrogen) atoms. The predicted octanol–water partition coefficient (Wildman–Crippen LogP) is 4.43. The zero-order chi connectivity index (χ0) is 14.8. The molecule has 0 atom stereocenters. The first-order chi connectivity index (χ1) is 10.1. The molecule has 112 valence electrons. The molecular weight excluding hydrogens is 349 g/mol. The van der Waals surface area contributed by atoms with Crippen LogP contribution in [0.3, 0.4) is 0 Å². The summed E-state index contributed by atoms with van der Waals surface area (Å²) in [7, 11) is 0. The van der Waals surface area contributed by atoms with Crippen molar-refractivity contribution in [2.45, 2.75) is 6.54 Å². The number of halogens is 3. The number of rotatable bonds is 3. The number of thiophene rings is 1. The summed E-state index contributed by atoms with van der Waals surface area (Å²) in [6.07, 6.45) is 1.64. The summed E-state index contributed by atoms with van der Waals surface area (Å²) in [6, 6.07) is 5.79. The van der Waals surface area contributed by atoms with E-state index in [1.165, 1.54) is 4.88 Å². The lowest BCUT2D eigenvalue weighted by molar-refractivity contribution is 0.251. The van der Waals surface area contributed by atoms with E-state index in [4.69, 9.17) is 34.8 Å². The Morgan fingerprint density at radius 3 is 2.48 bits per heavy atom. The molecule has 2 aromatic rings. The standard InChI is InChI=1S/C14H14Cl3N3S/c15-10-7-12(16)14(18-8-10)20-5-3-19(4-6-20)9-11-1-2-13(17)21-11/h1-2,7-8H,3-6,9H2. The molecule has 3 heterocycles. The van der Waals surface area contributed by atoms with E-state index in [1.807, 2.05) is 6.07 Å². The maximum Gasteiger partial charge on any atom is 0.147 e. The van der Waals surface area contributed by atoms with Crippen LogP contribution in [-0.2, 0) is 6.54 Å². The number of nitrogens with zero attached hydrogens (tertiary/aromatic N) is 3. The van der Waals surface area contributed by atoms with Crippen LogP contribution >= 0.6 is 46.1 Å². The molecule has 3 rings (SSSR count). The van der Waals surface area contributed by atoms with Gasteiger partial charge in [-0.05, 0) is 18.2 Å². The van der Waals surface area contributed by atoms with Gasteiger partial charge >= 0.3 is 0 Å². The first-order valence-electron chi connectivity index (χ1n) is 6.64. The Morgan fingerprint density at radius 1 is 1.10 bits per heavy atom. The molecule has 0 spiro atoms. The van der Waals surface area contributed by atoms with Gasteiger partial charge in [0.25, 0.3) is 0 Å². The molecule has 1 saturated heterocycles. The van der Waals surface area contributed by atoms with Gasteiger partial charge < -0.3 is 4.90 Å². The van der Waals surface area contributed by atoms with Gasteiger partial charge in [0.2, 0.25) is 0 Å². The summed E-state index contributed by atoms with van der Waals surface area (Å²) in [6.45, 7) is 4.74. The van der Waals surface area contributed by atoms with Crippen molar-refractivity contribution < 1.29 is 0 Å². The first kappa shape index (κ1) is 15.4. The second-order valence-electron chi connectivity index (χ2n) is 4.93. The van der Waals surface area contributed by atoms with Crippen molar-refractivity contribution in [2.75, 3.05) is 31.1 Å². The van der Waals surface area contributed by atoms with Crippen LogP contribution in [0.1, 0.15) is 4.88 Å². The molecule has 0 unspecified atom stereocenters. The highest BCUT2D eigenvalue weighted by Crippen LogP contribution is 2.27. The Balaban J connectivity index is 1.59. The molecule has 3 nitrogen and oxygen atoms in total. The number of piperazine rings is 1. The average Bonchev–Trinajstić information content (AvgIpc) is 2.85. The van der Waals surface area contributed by atoms with Crippen LogP contribution in [0.2, 0.25) is 14.4 Å². The van der Waals surface area contributed by atoms with E-state index in [-0.39, 0.29) is 0 Å². The Bertz CT molecular complexity index is 624. The van der Waals surface area contributed by atoms with E-state index >= 15 is 0 Å². The van der Waals surface area contributed by atoms with Gasteiger partial charge in [-0.1, -0.05) is 34.8 Å². The number of hydrogen-bond donors (Lipinski definition) is 0. The molecule has 0 amide bonds. The highest BCUT2D eigenvalue weighted by molar-refractivity contribution is 7.16. The minimum atomic E-state index is 0.567. The minimum Gasteiger partial charge on any atom is -0.353 e. The van der Waals surface area contributed by atoms with Crippen molar-refractivity contribution in [3.8, 4) is 0 Å². The van der Waals surface area contributed by atoms with Crippen molar-refractivity contribution in [2.24, 2.45) is 0 Å².